The van der Waals surface area contributed by atoms with Gasteiger partial charge in [-0.2, -0.15) is 0 Å². The molecule has 0 bridgehead atoms. The van der Waals surface area contributed by atoms with Crippen molar-refractivity contribution in [3.63, 3.8) is 0 Å². The highest BCUT2D eigenvalue weighted by atomic mass is 35.5. The number of carbonyl (C=O) groups is 1. The Balaban J connectivity index is 0.00000225. The number of hydrogen-bond acceptors (Lipinski definition) is 4. The quantitative estimate of drug-likeness (QED) is 0.642. The second kappa shape index (κ2) is 8.95. The highest BCUT2D eigenvalue weighted by molar-refractivity contribution is 7.21. The van der Waals surface area contributed by atoms with Crippen molar-refractivity contribution < 1.29 is 9.90 Å². The lowest BCUT2D eigenvalue weighted by atomic mass is 10.0. The summed E-state index contributed by atoms with van der Waals surface area (Å²) in [4.78, 5) is 17.0. The molecule has 2 heterocycles. The van der Waals surface area contributed by atoms with Gasteiger partial charge in [0.2, 0.25) is 0 Å². The highest BCUT2D eigenvalue weighted by Crippen LogP contribution is 2.38. The van der Waals surface area contributed by atoms with E-state index in [2.05, 4.69) is 52.3 Å². The smallest absolute Gasteiger partial charge is 0.346 e. The van der Waals surface area contributed by atoms with Gasteiger partial charge in [-0.3, -0.25) is 4.90 Å². The Labute approximate surface area is 175 Å². The van der Waals surface area contributed by atoms with Crippen molar-refractivity contribution in [3.05, 3.63) is 64.5 Å². The molecule has 4 rings (SSSR count). The van der Waals surface area contributed by atoms with Gasteiger partial charge in [-0.25, -0.2) is 4.79 Å². The van der Waals surface area contributed by atoms with Crippen LogP contribution in [0.3, 0.4) is 0 Å². The van der Waals surface area contributed by atoms with Gasteiger partial charge in [-0.1, -0.05) is 43.3 Å². The molecule has 3 aromatic rings. The summed E-state index contributed by atoms with van der Waals surface area (Å²) in [7, 11) is 0. The van der Waals surface area contributed by atoms with Crippen LogP contribution in [-0.4, -0.2) is 42.2 Å². The van der Waals surface area contributed by atoms with E-state index in [4.69, 9.17) is 0 Å². The summed E-state index contributed by atoms with van der Waals surface area (Å²) >= 11 is 1.40. The van der Waals surface area contributed by atoms with Crippen LogP contribution < -0.4 is 4.90 Å². The SMILES string of the molecule is CCc1c(C(=O)O)sc2cccc(N3CCN(Cc4ccccc4)CC3)c12.Cl. The van der Waals surface area contributed by atoms with Crippen LogP contribution in [0.4, 0.5) is 5.69 Å². The molecule has 1 N–H and O–H groups in total. The Morgan fingerprint density at radius 1 is 1.04 bits per heavy atom. The maximum atomic E-state index is 11.6. The molecule has 0 atom stereocenters. The first kappa shape index (κ1) is 20.6. The zero-order valence-electron chi connectivity index (χ0n) is 15.9. The van der Waals surface area contributed by atoms with Gasteiger partial charge < -0.3 is 10.0 Å². The van der Waals surface area contributed by atoms with Crippen molar-refractivity contribution >= 4 is 45.5 Å². The molecule has 1 aliphatic rings. The Kier molecular flexibility index (Phi) is 6.60. The van der Waals surface area contributed by atoms with E-state index in [9.17, 15) is 9.90 Å². The molecule has 0 unspecified atom stereocenters. The first-order chi connectivity index (χ1) is 13.2. The minimum absolute atomic E-state index is 0. The molecule has 1 saturated heterocycles. The minimum atomic E-state index is -0.813. The molecule has 28 heavy (non-hydrogen) atoms. The summed E-state index contributed by atoms with van der Waals surface area (Å²) in [6.07, 6.45) is 0.743. The third kappa shape index (κ3) is 4.02. The van der Waals surface area contributed by atoms with Crippen LogP contribution in [0.25, 0.3) is 10.1 Å². The number of halogens is 1. The number of rotatable bonds is 5. The molecule has 6 heteroatoms. The number of carboxylic acid groups (broad SMARTS) is 1. The van der Waals surface area contributed by atoms with E-state index in [1.54, 1.807) is 0 Å². The van der Waals surface area contributed by atoms with E-state index in [0.29, 0.717) is 4.88 Å². The second-order valence-corrected chi connectivity index (χ2v) is 8.02. The summed E-state index contributed by atoms with van der Waals surface area (Å²) in [5.74, 6) is -0.813. The molecule has 1 aliphatic heterocycles. The van der Waals surface area contributed by atoms with Crippen molar-refractivity contribution in [2.45, 2.75) is 19.9 Å². The van der Waals surface area contributed by atoms with Gasteiger partial charge in [0.1, 0.15) is 4.88 Å². The number of aryl methyl sites for hydroxylation is 1. The molecular formula is C22H25ClN2O2S. The fraction of sp³-hybridized carbons (Fsp3) is 0.318. The average Bonchev–Trinajstić information content (AvgIpc) is 3.08. The van der Waals surface area contributed by atoms with Crippen molar-refractivity contribution in [3.8, 4) is 0 Å². The van der Waals surface area contributed by atoms with E-state index in [1.165, 1.54) is 22.6 Å². The van der Waals surface area contributed by atoms with Crippen molar-refractivity contribution in [1.29, 1.82) is 0 Å². The van der Waals surface area contributed by atoms with E-state index in [1.807, 2.05) is 13.0 Å². The summed E-state index contributed by atoms with van der Waals surface area (Å²) in [5, 5.41) is 10.7. The molecule has 0 spiro atoms. The highest BCUT2D eigenvalue weighted by Gasteiger charge is 2.23. The lowest BCUT2D eigenvalue weighted by molar-refractivity contribution is 0.0701. The first-order valence-electron chi connectivity index (χ1n) is 9.46. The van der Waals surface area contributed by atoms with Crippen LogP contribution in [0.2, 0.25) is 0 Å². The summed E-state index contributed by atoms with van der Waals surface area (Å²) in [5.41, 5.74) is 3.52. The normalized spacial score (nSPS) is 14.8. The number of piperazine rings is 1. The minimum Gasteiger partial charge on any atom is -0.477 e. The average molecular weight is 417 g/mol. The standard InChI is InChI=1S/C22H24N2O2S.ClH/c1-2-17-20-18(9-6-10-19(20)27-21(17)22(25)26)24-13-11-23(12-14-24)15-16-7-4-3-5-8-16;/h3-10H,2,11-15H2,1H3,(H,25,26);1H. The fourth-order valence-corrected chi connectivity index (χ4v) is 5.11. The molecule has 2 aromatic carbocycles. The summed E-state index contributed by atoms with van der Waals surface area (Å²) < 4.78 is 1.08. The monoisotopic (exact) mass is 416 g/mol. The van der Waals surface area contributed by atoms with Gasteiger partial charge in [-0.15, -0.1) is 23.7 Å². The van der Waals surface area contributed by atoms with E-state index < -0.39 is 5.97 Å². The largest absolute Gasteiger partial charge is 0.477 e. The number of anilines is 1. The number of hydrogen-bond donors (Lipinski definition) is 1. The molecule has 0 amide bonds. The Morgan fingerprint density at radius 2 is 1.75 bits per heavy atom. The van der Waals surface area contributed by atoms with Crippen LogP contribution in [-0.2, 0) is 13.0 Å². The third-order valence-corrected chi connectivity index (χ3v) is 6.49. The Bertz CT molecular complexity index is 950. The van der Waals surface area contributed by atoms with Crippen LogP contribution in [0, 0.1) is 0 Å². The van der Waals surface area contributed by atoms with Gasteiger partial charge in [-0.05, 0) is 29.7 Å². The topological polar surface area (TPSA) is 43.8 Å². The van der Waals surface area contributed by atoms with Crippen molar-refractivity contribution in [1.82, 2.24) is 4.90 Å². The number of carboxylic acids is 1. The molecule has 1 aromatic heterocycles. The van der Waals surface area contributed by atoms with Crippen LogP contribution in [0.15, 0.2) is 48.5 Å². The first-order valence-corrected chi connectivity index (χ1v) is 10.3. The number of benzene rings is 2. The molecule has 0 saturated carbocycles. The van der Waals surface area contributed by atoms with Gasteiger partial charge in [0.25, 0.3) is 0 Å². The van der Waals surface area contributed by atoms with Crippen LogP contribution >= 0.6 is 23.7 Å². The zero-order chi connectivity index (χ0) is 18.8. The number of thiophene rings is 1. The molecular weight excluding hydrogens is 392 g/mol. The van der Waals surface area contributed by atoms with E-state index >= 15 is 0 Å². The third-order valence-electron chi connectivity index (χ3n) is 5.30. The predicted molar refractivity (Wildman–Crippen MR) is 119 cm³/mol. The predicted octanol–water partition coefficient (Wildman–Crippen LogP) is 4.91. The van der Waals surface area contributed by atoms with E-state index in [0.717, 1.165) is 54.8 Å². The molecule has 0 aliphatic carbocycles. The number of fused-ring (bicyclic) bond motifs is 1. The van der Waals surface area contributed by atoms with Gasteiger partial charge in [0, 0.05) is 48.5 Å². The van der Waals surface area contributed by atoms with Gasteiger partial charge in [0.15, 0.2) is 0 Å². The molecule has 0 radical (unpaired) electrons. The summed E-state index contributed by atoms with van der Waals surface area (Å²) in [6, 6.07) is 16.8. The van der Waals surface area contributed by atoms with Gasteiger partial charge in [0.05, 0.1) is 0 Å². The maximum Gasteiger partial charge on any atom is 0.346 e. The lowest BCUT2D eigenvalue weighted by Gasteiger charge is -2.36. The lowest BCUT2D eigenvalue weighted by Crippen LogP contribution is -2.46. The van der Waals surface area contributed by atoms with Crippen molar-refractivity contribution in [2.24, 2.45) is 0 Å². The van der Waals surface area contributed by atoms with Gasteiger partial charge >= 0.3 is 5.97 Å². The van der Waals surface area contributed by atoms with Crippen LogP contribution in [0.5, 0.6) is 0 Å². The molecule has 4 nitrogen and oxygen atoms in total. The fourth-order valence-electron chi connectivity index (χ4n) is 3.96. The Morgan fingerprint density at radius 3 is 2.39 bits per heavy atom. The molecule has 1 fully saturated rings. The molecule has 148 valence electrons. The Hall–Kier alpha value is -2.08. The van der Waals surface area contributed by atoms with E-state index in [-0.39, 0.29) is 12.4 Å². The van der Waals surface area contributed by atoms with Crippen LogP contribution in [0.1, 0.15) is 27.7 Å². The number of nitrogens with zero attached hydrogens (tertiary/aromatic N) is 2. The summed E-state index contributed by atoms with van der Waals surface area (Å²) in [6.45, 7) is 7.00. The van der Waals surface area contributed by atoms with Crippen molar-refractivity contribution in [2.75, 3.05) is 31.1 Å². The second-order valence-electron chi connectivity index (χ2n) is 6.97. The number of aromatic carboxylic acids is 1. The zero-order valence-corrected chi connectivity index (χ0v) is 17.6. The maximum absolute atomic E-state index is 11.6.